The van der Waals surface area contributed by atoms with Gasteiger partial charge in [0.05, 0.1) is 44.6 Å². The summed E-state index contributed by atoms with van der Waals surface area (Å²) in [6, 6.07) is 13.8. The van der Waals surface area contributed by atoms with E-state index in [4.69, 9.17) is 19.9 Å². The first-order valence-corrected chi connectivity index (χ1v) is 11.5. The van der Waals surface area contributed by atoms with Crippen LogP contribution in [-0.4, -0.2) is 27.1 Å². The summed E-state index contributed by atoms with van der Waals surface area (Å²) in [5, 5.41) is 10.3. The SMILES string of the molecule is COc1cc(N2C(N)=C(C#N)C(c3ccc(C)cc3)C3=C2CC(C)(C)CC3=O)cc(OC)c1OC. The second-order valence-corrected chi connectivity index (χ2v) is 9.77. The topological polar surface area (TPSA) is 97.8 Å². The molecule has 0 aromatic heterocycles. The summed E-state index contributed by atoms with van der Waals surface area (Å²) in [7, 11) is 4.63. The molecule has 1 aliphatic heterocycles. The third-order valence-electron chi connectivity index (χ3n) is 6.70. The van der Waals surface area contributed by atoms with Crippen molar-refractivity contribution < 1.29 is 19.0 Å². The zero-order chi connectivity index (χ0) is 25.5. The molecule has 0 radical (unpaired) electrons. The first-order chi connectivity index (χ1) is 16.6. The van der Waals surface area contributed by atoms with E-state index in [1.54, 1.807) is 26.4 Å². The van der Waals surface area contributed by atoms with Crippen LogP contribution in [0.15, 0.2) is 59.1 Å². The molecule has 2 aromatic carbocycles. The van der Waals surface area contributed by atoms with E-state index in [1.807, 2.05) is 36.1 Å². The molecule has 0 amide bonds. The van der Waals surface area contributed by atoms with E-state index < -0.39 is 5.92 Å². The fraction of sp³-hybridized carbons (Fsp3) is 0.357. The lowest BCUT2D eigenvalue weighted by molar-refractivity contribution is -0.118. The number of aryl methyl sites for hydroxylation is 1. The molecule has 182 valence electrons. The molecule has 0 bridgehead atoms. The average Bonchev–Trinajstić information content (AvgIpc) is 2.82. The zero-order valence-electron chi connectivity index (χ0n) is 21.1. The number of ether oxygens (including phenoxy) is 3. The maximum atomic E-state index is 13.7. The summed E-state index contributed by atoms with van der Waals surface area (Å²) in [6.45, 7) is 6.15. The number of nitrogens with two attached hydrogens (primary N) is 1. The number of methoxy groups -OCH3 is 3. The van der Waals surface area contributed by atoms with Gasteiger partial charge in [0.2, 0.25) is 5.75 Å². The van der Waals surface area contributed by atoms with Gasteiger partial charge in [-0.1, -0.05) is 43.7 Å². The highest BCUT2D eigenvalue weighted by atomic mass is 16.5. The van der Waals surface area contributed by atoms with Crippen molar-refractivity contribution in [2.45, 2.75) is 39.5 Å². The van der Waals surface area contributed by atoms with Gasteiger partial charge in [0.1, 0.15) is 5.82 Å². The Morgan fingerprint density at radius 1 is 1.03 bits per heavy atom. The van der Waals surface area contributed by atoms with Crippen LogP contribution in [0.2, 0.25) is 0 Å². The molecule has 2 aliphatic rings. The van der Waals surface area contributed by atoms with Crippen molar-refractivity contribution in [3.8, 4) is 23.3 Å². The Balaban J connectivity index is 2.02. The largest absolute Gasteiger partial charge is 0.493 e. The predicted octanol–water partition coefficient (Wildman–Crippen LogP) is 4.96. The number of carbonyl (C=O) groups excluding carboxylic acids is 1. The molecule has 1 unspecified atom stereocenters. The molecule has 0 fully saturated rings. The Morgan fingerprint density at radius 3 is 2.14 bits per heavy atom. The molecule has 1 aliphatic carbocycles. The maximum absolute atomic E-state index is 13.7. The van der Waals surface area contributed by atoms with E-state index >= 15 is 0 Å². The highest BCUT2D eigenvalue weighted by molar-refractivity contribution is 6.01. The van der Waals surface area contributed by atoms with E-state index in [-0.39, 0.29) is 17.0 Å². The molecule has 2 aromatic rings. The van der Waals surface area contributed by atoms with E-state index in [9.17, 15) is 10.1 Å². The summed E-state index contributed by atoms with van der Waals surface area (Å²) in [4.78, 5) is 15.5. The van der Waals surface area contributed by atoms with E-state index in [2.05, 4.69) is 19.9 Å². The van der Waals surface area contributed by atoms with E-state index in [0.29, 0.717) is 46.9 Å². The minimum Gasteiger partial charge on any atom is -0.493 e. The van der Waals surface area contributed by atoms with E-state index in [1.165, 1.54) is 7.11 Å². The fourth-order valence-electron chi connectivity index (χ4n) is 5.09. The van der Waals surface area contributed by atoms with Crippen LogP contribution < -0.4 is 24.8 Å². The van der Waals surface area contributed by atoms with Crippen molar-refractivity contribution in [3.63, 3.8) is 0 Å². The molecule has 0 saturated heterocycles. The van der Waals surface area contributed by atoms with Crippen LogP contribution in [0.3, 0.4) is 0 Å². The van der Waals surface area contributed by atoms with Crippen molar-refractivity contribution in [3.05, 3.63) is 70.2 Å². The van der Waals surface area contributed by atoms with Crippen LogP contribution in [0.4, 0.5) is 5.69 Å². The highest BCUT2D eigenvalue weighted by Gasteiger charge is 2.45. The van der Waals surface area contributed by atoms with Gasteiger partial charge in [0, 0.05) is 29.8 Å². The lowest BCUT2D eigenvalue weighted by Gasteiger charge is -2.44. The molecule has 1 atom stereocenters. The Kier molecular flexibility index (Phi) is 6.25. The minimum absolute atomic E-state index is 0.0273. The number of rotatable bonds is 5. The minimum atomic E-state index is -0.516. The summed E-state index contributed by atoms with van der Waals surface area (Å²) in [5.41, 5.74) is 10.8. The number of anilines is 1. The van der Waals surface area contributed by atoms with Crippen molar-refractivity contribution in [1.29, 1.82) is 5.26 Å². The quantitative estimate of drug-likeness (QED) is 0.655. The molecule has 4 rings (SSSR count). The molecule has 7 nitrogen and oxygen atoms in total. The number of nitrogens with zero attached hydrogens (tertiary/aromatic N) is 2. The molecule has 0 spiro atoms. The van der Waals surface area contributed by atoms with Gasteiger partial charge in [-0.15, -0.1) is 0 Å². The van der Waals surface area contributed by atoms with Gasteiger partial charge in [-0.05, 0) is 24.3 Å². The normalized spacial score (nSPS) is 19.3. The smallest absolute Gasteiger partial charge is 0.203 e. The van der Waals surface area contributed by atoms with Gasteiger partial charge in [-0.2, -0.15) is 5.26 Å². The monoisotopic (exact) mass is 473 g/mol. The number of Topliss-reactive ketones (excluding diaryl/α,β-unsaturated/α-hetero) is 1. The predicted molar refractivity (Wildman–Crippen MR) is 134 cm³/mol. The number of benzene rings is 2. The Labute approximate surface area is 206 Å². The lowest BCUT2D eigenvalue weighted by Crippen LogP contribution is -2.42. The van der Waals surface area contributed by atoms with Gasteiger partial charge in [0.15, 0.2) is 17.3 Å². The van der Waals surface area contributed by atoms with Crippen LogP contribution in [0.25, 0.3) is 0 Å². The van der Waals surface area contributed by atoms with Gasteiger partial charge < -0.3 is 19.9 Å². The van der Waals surface area contributed by atoms with Gasteiger partial charge in [0.25, 0.3) is 0 Å². The molecule has 1 heterocycles. The van der Waals surface area contributed by atoms with Crippen molar-refractivity contribution in [2.24, 2.45) is 11.1 Å². The number of allylic oxidation sites excluding steroid dienone is 3. The molecule has 0 saturated carbocycles. The molecular formula is C28H31N3O4. The lowest BCUT2D eigenvalue weighted by atomic mass is 9.68. The van der Waals surface area contributed by atoms with Crippen molar-refractivity contribution in [1.82, 2.24) is 0 Å². The van der Waals surface area contributed by atoms with Crippen LogP contribution in [0, 0.1) is 23.7 Å². The second-order valence-electron chi connectivity index (χ2n) is 9.77. The van der Waals surface area contributed by atoms with Gasteiger partial charge in [-0.3, -0.25) is 9.69 Å². The molecular weight excluding hydrogens is 442 g/mol. The molecule has 7 heteroatoms. The Morgan fingerprint density at radius 2 is 1.63 bits per heavy atom. The van der Waals surface area contributed by atoms with Crippen LogP contribution in [0.5, 0.6) is 17.2 Å². The highest BCUT2D eigenvalue weighted by Crippen LogP contribution is 2.51. The number of nitriles is 1. The fourth-order valence-corrected chi connectivity index (χ4v) is 5.09. The summed E-state index contributed by atoms with van der Waals surface area (Å²) in [6.07, 6.45) is 1.02. The third-order valence-corrected chi connectivity index (χ3v) is 6.70. The van der Waals surface area contributed by atoms with Crippen molar-refractivity contribution >= 4 is 11.5 Å². The van der Waals surface area contributed by atoms with Crippen LogP contribution in [-0.2, 0) is 4.79 Å². The zero-order valence-corrected chi connectivity index (χ0v) is 21.1. The number of carbonyl (C=O) groups is 1. The first kappa shape index (κ1) is 24.2. The number of hydrogen-bond acceptors (Lipinski definition) is 7. The molecule has 2 N–H and O–H groups in total. The van der Waals surface area contributed by atoms with E-state index in [0.717, 1.165) is 16.8 Å². The van der Waals surface area contributed by atoms with Crippen LogP contribution in [0.1, 0.15) is 43.7 Å². The Hall–Kier alpha value is -3.92. The standard InChI is InChI=1S/C28H31N3O4/c1-16-7-9-17(10-8-16)24-19(15-29)27(30)31(20-13-28(2,3)14-21(32)25(20)24)18-11-22(33-4)26(35-6)23(12-18)34-5/h7-12,24H,13-14,30H2,1-6H3. The van der Waals surface area contributed by atoms with Gasteiger partial charge in [-0.25, -0.2) is 0 Å². The summed E-state index contributed by atoms with van der Waals surface area (Å²) in [5.74, 6) is 1.16. The van der Waals surface area contributed by atoms with Gasteiger partial charge >= 0.3 is 0 Å². The third kappa shape index (κ3) is 4.10. The van der Waals surface area contributed by atoms with Crippen molar-refractivity contribution in [2.75, 3.05) is 26.2 Å². The summed E-state index contributed by atoms with van der Waals surface area (Å²) < 4.78 is 16.6. The number of ketones is 1. The number of hydrogen-bond donors (Lipinski definition) is 1. The molecule has 35 heavy (non-hydrogen) atoms. The summed E-state index contributed by atoms with van der Waals surface area (Å²) >= 11 is 0. The Bertz CT molecular complexity index is 1260. The van der Waals surface area contributed by atoms with Crippen LogP contribution >= 0.6 is 0 Å². The first-order valence-electron chi connectivity index (χ1n) is 11.5. The maximum Gasteiger partial charge on any atom is 0.203 e. The second kappa shape index (κ2) is 9.03. The average molecular weight is 474 g/mol.